The molecule has 1 fully saturated rings. The van der Waals surface area contributed by atoms with Gasteiger partial charge in [0.25, 0.3) is 0 Å². The zero-order valence-corrected chi connectivity index (χ0v) is 18.7. The van der Waals surface area contributed by atoms with Gasteiger partial charge in [-0.1, -0.05) is 0 Å². The van der Waals surface area contributed by atoms with E-state index >= 15 is 0 Å². The van der Waals surface area contributed by atoms with E-state index in [0.717, 1.165) is 41.2 Å². The Kier molecular flexibility index (Phi) is 5.51. The molecule has 9 nitrogen and oxygen atoms in total. The number of amides is 1. The van der Waals surface area contributed by atoms with Crippen LogP contribution in [0.5, 0.6) is 0 Å². The molecular formula is C22H29N7O2. The summed E-state index contributed by atoms with van der Waals surface area (Å²) in [5.41, 5.74) is 2.89. The Morgan fingerprint density at radius 2 is 2.06 bits per heavy atom. The van der Waals surface area contributed by atoms with Gasteiger partial charge in [-0.05, 0) is 53.2 Å². The fourth-order valence-corrected chi connectivity index (χ4v) is 3.73. The minimum absolute atomic E-state index is 0.0712. The van der Waals surface area contributed by atoms with Gasteiger partial charge in [0.1, 0.15) is 17.8 Å². The molecule has 1 aliphatic rings. The molecule has 0 unspecified atom stereocenters. The Bertz CT molecular complexity index is 1090. The highest BCUT2D eigenvalue weighted by atomic mass is 16.6. The predicted molar refractivity (Wildman–Crippen MR) is 119 cm³/mol. The van der Waals surface area contributed by atoms with E-state index in [1.54, 1.807) is 11.2 Å². The largest absolute Gasteiger partial charge is 0.444 e. The number of hydrogen-bond acceptors (Lipinski definition) is 7. The highest BCUT2D eigenvalue weighted by molar-refractivity contribution is 5.86. The van der Waals surface area contributed by atoms with E-state index in [2.05, 4.69) is 31.8 Å². The predicted octanol–water partition coefficient (Wildman–Crippen LogP) is 3.64. The van der Waals surface area contributed by atoms with Gasteiger partial charge in [0.05, 0.1) is 0 Å². The number of imidazole rings is 1. The molecule has 4 heterocycles. The van der Waals surface area contributed by atoms with E-state index in [1.807, 2.05) is 46.0 Å². The Labute approximate surface area is 181 Å². The maximum atomic E-state index is 12.4. The lowest BCUT2D eigenvalue weighted by molar-refractivity contribution is 0.0293. The molecule has 3 aromatic heterocycles. The first kappa shape index (κ1) is 21.0. The minimum Gasteiger partial charge on any atom is -0.444 e. The van der Waals surface area contributed by atoms with E-state index in [4.69, 9.17) is 9.72 Å². The van der Waals surface area contributed by atoms with E-state index in [-0.39, 0.29) is 12.1 Å². The molecule has 0 saturated carbocycles. The van der Waals surface area contributed by atoms with Crippen LogP contribution in [-0.4, -0.2) is 60.2 Å². The fraction of sp³-hybridized carbons (Fsp3) is 0.500. The van der Waals surface area contributed by atoms with Crippen LogP contribution in [0, 0.1) is 6.92 Å². The molecule has 0 bridgehead atoms. The topological polar surface area (TPSA) is 98.1 Å². The fourth-order valence-electron chi connectivity index (χ4n) is 3.73. The number of aryl methyl sites for hydroxylation is 2. The number of anilines is 1. The van der Waals surface area contributed by atoms with Gasteiger partial charge in [0.15, 0.2) is 17.0 Å². The Hall–Kier alpha value is -3.23. The van der Waals surface area contributed by atoms with Crippen LogP contribution in [0.3, 0.4) is 0 Å². The number of hydrogen-bond donors (Lipinski definition) is 1. The Morgan fingerprint density at radius 3 is 2.74 bits per heavy atom. The smallest absolute Gasteiger partial charge is 0.410 e. The number of carbonyl (C=O) groups excluding carboxylic acids is 1. The minimum atomic E-state index is -0.504. The van der Waals surface area contributed by atoms with Crippen LogP contribution in [0.25, 0.3) is 22.6 Å². The molecule has 1 saturated heterocycles. The molecule has 4 rings (SSSR count). The summed E-state index contributed by atoms with van der Waals surface area (Å²) >= 11 is 0. The second-order valence-electron chi connectivity index (χ2n) is 8.82. The van der Waals surface area contributed by atoms with E-state index < -0.39 is 5.60 Å². The van der Waals surface area contributed by atoms with Crippen LogP contribution in [-0.2, 0) is 11.3 Å². The highest BCUT2D eigenvalue weighted by Gasteiger charge is 2.30. The lowest BCUT2D eigenvalue weighted by Gasteiger charge is -2.24. The van der Waals surface area contributed by atoms with E-state index in [1.165, 1.54) is 0 Å². The quantitative estimate of drug-likeness (QED) is 0.684. The molecule has 9 heteroatoms. The van der Waals surface area contributed by atoms with Crippen molar-refractivity contribution in [1.29, 1.82) is 0 Å². The first-order valence-corrected chi connectivity index (χ1v) is 10.6. The summed E-state index contributed by atoms with van der Waals surface area (Å²) in [4.78, 5) is 32.3. The van der Waals surface area contributed by atoms with Crippen LogP contribution in [0.2, 0.25) is 0 Å². The van der Waals surface area contributed by atoms with Crippen molar-refractivity contribution >= 4 is 23.1 Å². The first-order valence-electron chi connectivity index (χ1n) is 10.6. The monoisotopic (exact) mass is 423 g/mol. The van der Waals surface area contributed by atoms with Crippen molar-refractivity contribution in [2.45, 2.75) is 59.2 Å². The normalized spacial score (nSPS) is 16.7. The van der Waals surface area contributed by atoms with Crippen molar-refractivity contribution in [3.63, 3.8) is 0 Å². The molecule has 0 aromatic carbocycles. The third kappa shape index (κ3) is 4.45. The average molecular weight is 424 g/mol. The molecule has 0 aliphatic carbocycles. The Morgan fingerprint density at radius 1 is 1.26 bits per heavy atom. The summed E-state index contributed by atoms with van der Waals surface area (Å²) in [6.45, 7) is 11.6. The molecule has 0 spiro atoms. The van der Waals surface area contributed by atoms with Crippen LogP contribution >= 0.6 is 0 Å². The number of nitrogens with zero attached hydrogens (tertiary/aromatic N) is 6. The molecule has 0 radical (unpaired) electrons. The number of nitrogens with one attached hydrogen (secondary N) is 1. The SMILES string of the molecule is CCn1c(-c2ccc(C)nc2)nc2c(N[C@H]3CCN(C(=O)OC(C)(C)C)C3)ncnc21. The van der Waals surface area contributed by atoms with Crippen LogP contribution < -0.4 is 5.32 Å². The van der Waals surface area contributed by atoms with Gasteiger partial charge in [-0.15, -0.1) is 0 Å². The summed E-state index contributed by atoms with van der Waals surface area (Å²) in [5.74, 6) is 1.49. The molecule has 1 aliphatic heterocycles. The van der Waals surface area contributed by atoms with Gasteiger partial charge in [-0.3, -0.25) is 4.98 Å². The van der Waals surface area contributed by atoms with Crippen molar-refractivity contribution in [3.8, 4) is 11.4 Å². The molecule has 1 atom stereocenters. The van der Waals surface area contributed by atoms with Gasteiger partial charge in [0.2, 0.25) is 0 Å². The summed E-state index contributed by atoms with van der Waals surface area (Å²) in [6, 6.07) is 4.07. The van der Waals surface area contributed by atoms with Crippen molar-refractivity contribution < 1.29 is 9.53 Å². The van der Waals surface area contributed by atoms with Gasteiger partial charge >= 0.3 is 6.09 Å². The zero-order chi connectivity index (χ0) is 22.2. The van der Waals surface area contributed by atoms with Gasteiger partial charge < -0.3 is 19.5 Å². The summed E-state index contributed by atoms with van der Waals surface area (Å²) in [6.07, 6.45) is 3.91. The average Bonchev–Trinajstić information content (AvgIpc) is 3.32. The van der Waals surface area contributed by atoms with Crippen molar-refractivity contribution in [3.05, 3.63) is 30.4 Å². The number of rotatable bonds is 4. The van der Waals surface area contributed by atoms with Gasteiger partial charge in [-0.25, -0.2) is 19.7 Å². The summed E-state index contributed by atoms with van der Waals surface area (Å²) in [7, 11) is 0. The molecule has 1 amide bonds. The van der Waals surface area contributed by atoms with Gasteiger partial charge in [0, 0.05) is 43.1 Å². The molecular weight excluding hydrogens is 394 g/mol. The third-order valence-electron chi connectivity index (χ3n) is 5.20. The van der Waals surface area contributed by atoms with E-state index in [9.17, 15) is 4.79 Å². The number of aromatic nitrogens is 5. The van der Waals surface area contributed by atoms with Crippen LogP contribution in [0.15, 0.2) is 24.7 Å². The molecule has 31 heavy (non-hydrogen) atoms. The number of fused-ring (bicyclic) bond motifs is 1. The second kappa shape index (κ2) is 8.13. The molecule has 164 valence electrons. The maximum Gasteiger partial charge on any atom is 0.410 e. The first-order chi connectivity index (χ1) is 14.7. The number of carbonyl (C=O) groups is 1. The zero-order valence-electron chi connectivity index (χ0n) is 18.7. The Balaban J connectivity index is 1.58. The van der Waals surface area contributed by atoms with Crippen molar-refractivity contribution in [2.24, 2.45) is 0 Å². The van der Waals surface area contributed by atoms with Crippen molar-refractivity contribution in [1.82, 2.24) is 29.4 Å². The lowest BCUT2D eigenvalue weighted by atomic mass is 10.2. The van der Waals surface area contributed by atoms with Crippen LogP contribution in [0.1, 0.15) is 39.8 Å². The van der Waals surface area contributed by atoms with Crippen molar-refractivity contribution in [2.75, 3.05) is 18.4 Å². The molecule has 1 N–H and O–H groups in total. The number of pyridine rings is 1. The number of ether oxygens (including phenoxy) is 1. The van der Waals surface area contributed by atoms with Crippen LogP contribution in [0.4, 0.5) is 10.6 Å². The maximum absolute atomic E-state index is 12.4. The summed E-state index contributed by atoms with van der Waals surface area (Å²) < 4.78 is 7.56. The standard InChI is InChI=1S/C22H29N7O2/c1-6-29-19(15-8-7-14(2)23-11-15)27-17-18(24-13-25-20(17)29)26-16-9-10-28(12-16)21(30)31-22(3,4)5/h7-8,11,13,16H,6,9-10,12H2,1-5H3,(H,24,25,26)/t16-/m0/s1. The third-order valence-corrected chi connectivity index (χ3v) is 5.20. The van der Waals surface area contributed by atoms with E-state index in [0.29, 0.717) is 18.9 Å². The second-order valence-corrected chi connectivity index (χ2v) is 8.82. The van der Waals surface area contributed by atoms with Gasteiger partial charge in [-0.2, -0.15) is 0 Å². The molecule has 3 aromatic rings. The lowest BCUT2D eigenvalue weighted by Crippen LogP contribution is -2.36. The summed E-state index contributed by atoms with van der Waals surface area (Å²) in [5, 5.41) is 3.46. The number of likely N-dealkylation sites (tertiary alicyclic amines) is 1. The highest BCUT2D eigenvalue weighted by Crippen LogP contribution is 2.28.